The van der Waals surface area contributed by atoms with Crippen molar-refractivity contribution >= 4 is 71.1 Å². The minimum absolute atomic E-state index is 0.00753. The number of hydrogen-bond acceptors (Lipinski definition) is 23. The standard InChI is InChI=1S/C49H83N5O10.C34H56N4O7.C15H30N2O3/c1-16-33(6)43(53(12)46(58)36(31(2)3)29-39(55)42(32(4)5)52(11)26-21-25-50-48(60)64-49(8,9)10)40(61-13)30-41(56)54-27-20-24-38(54)44(62-14)34(7)45(57)51-37(47(59)63-15)28-35-22-18-17-19-23-35;1-10-22(4)30(37(6)33(41)29(35)21(2)3)27(43-7)20-28(39)38-18-14-17-26(38)31(44-8)23(5)32(40)36-25(34(42)45-9)19-24-15-12-11-13-16-24;1-11(2)13(12(3)18)17(7)10-8-9-16-14(19)20-15(4,5)6/h17-19,22-23,31-34,36-38,40,42-44H,16,20-21,24-30H2,1-15H3,(H,50,60)(H,51,57);11-13,15-16,21-23,25-27,29-31H,10,14,17-20,35H2,1-9H3,(H,36,40);11,13H,8-10H2,1-7H3,(H,16,19)/t33-,34+,36-,37-,38-,40+,42-,43-,44+;22-,23+,25-,26-,27+,29-,30-,31+;13-/m000/s1. The number of carbonyl (C=O) groups excluding carboxylic acids is 12. The van der Waals surface area contributed by atoms with Crippen molar-refractivity contribution in [2.45, 2.75) is 319 Å². The minimum Gasteiger partial charge on any atom is -0.467 e. The number of hydrogen-bond donors (Lipinski definition) is 5. The Hall–Kier alpha value is -8.20. The Bertz CT molecular complexity index is 3730. The third kappa shape index (κ3) is 38.5. The summed E-state index contributed by atoms with van der Waals surface area (Å²) in [7, 11) is 16.1. The highest BCUT2D eigenvalue weighted by Gasteiger charge is 2.47. The van der Waals surface area contributed by atoms with Crippen molar-refractivity contribution in [2.24, 2.45) is 59.0 Å². The molecule has 2 fully saturated rings. The van der Waals surface area contributed by atoms with Crippen molar-refractivity contribution in [3.8, 4) is 0 Å². The second kappa shape index (κ2) is 58.0. The van der Waals surface area contributed by atoms with Crippen LogP contribution in [0.4, 0.5) is 9.59 Å². The number of ketones is 2. The van der Waals surface area contributed by atoms with Crippen molar-refractivity contribution in [1.29, 1.82) is 0 Å². The lowest BCUT2D eigenvalue weighted by Gasteiger charge is -2.41. The van der Waals surface area contributed by atoms with Crippen LogP contribution in [0.5, 0.6) is 0 Å². The first-order valence-corrected chi connectivity index (χ1v) is 46.6. The molecule has 0 bridgehead atoms. The van der Waals surface area contributed by atoms with Crippen LogP contribution < -0.4 is 27.0 Å². The lowest BCUT2D eigenvalue weighted by Crippen LogP contribution is -2.56. The number of rotatable bonds is 50. The fourth-order valence-corrected chi connectivity index (χ4v) is 17.7. The van der Waals surface area contributed by atoms with Crippen molar-refractivity contribution < 1.29 is 95.4 Å². The van der Waals surface area contributed by atoms with E-state index in [9.17, 15) is 57.5 Å². The van der Waals surface area contributed by atoms with Crippen LogP contribution in [0, 0.1) is 53.3 Å². The molecule has 2 aliphatic heterocycles. The van der Waals surface area contributed by atoms with Gasteiger partial charge >= 0.3 is 24.1 Å². The summed E-state index contributed by atoms with van der Waals surface area (Å²) in [6.45, 7) is 43.3. The number of methoxy groups -OCH3 is 6. The van der Waals surface area contributed by atoms with E-state index < -0.39 is 114 Å². The number of amides is 8. The molecule has 31 nitrogen and oxygen atoms in total. The molecule has 0 spiro atoms. The average Bonchev–Trinajstić information content (AvgIpc) is 1.67. The summed E-state index contributed by atoms with van der Waals surface area (Å²) in [6, 6.07) is 14.3. The van der Waals surface area contributed by atoms with Crippen LogP contribution >= 0.6 is 0 Å². The van der Waals surface area contributed by atoms with Crippen LogP contribution in [0.2, 0.25) is 0 Å². The number of nitrogens with zero attached hydrogens (tertiary/aromatic N) is 6. The number of nitrogens with one attached hydrogen (secondary N) is 4. The van der Waals surface area contributed by atoms with Gasteiger partial charge in [0.15, 0.2) is 5.78 Å². The van der Waals surface area contributed by atoms with Crippen molar-refractivity contribution in [3.63, 3.8) is 0 Å². The van der Waals surface area contributed by atoms with Crippen LogP contribution in [-0.4, -0.2) is 301 Å². The number of ether oxygens (including phenoxy) is 8. The smallest absolute Gasteiger partial charge is 0.407 e. The fraction of sp³-hybridized carbons (Fsp3) is 0.755. The van der Waals surface area contributed by atoms with Crippen molar-refractivity contribution in [1.82, 2.24) is 50.7 Å². The first-order chi connectivity index (χ1) is 60.4. The summed E-state index contributed by atoms with van der Waals surface area (Å²) < 4.78 is 44.3. The van der Waals surface area contributed by atoms with Gasteiger partial charge in [-0.3, -0.25) is 48.2 Å². The molecule has 0 radical (unpaired) electrons. The highest BCUT2D eigenvalue weighted by Crippen LogP contribution is 2.34. The Morgan fingerprint density at radius 2 is 0.837 bits per heavy atom. The van der Waals surface area contributed by atoms with Gasteiger partial charge in [0.25, 0.3) is 0 Å². The van der Waals surface area contributed by atoms with E-state index in [1.807, 2.05) is 209 Å². The Morgan fingerprint density at radius 3 is 1.14 bits per heavy atom. The van der Waals surface area contributed by atoms with E-state index in [0.29, 0.717) is 64.8 Å². The predicted molar refractivity (Wildman–Crippen MR) is 502 cm³/mol. The van der Waals surface area contributed by atoms with E-state index in [0.717, 1.165) is 36.9 Å². The summed E-state index contributed by atoms with van der Waals surface area (Å²) in [5.41, 5.74) is 6.90. The number of likely N-dealkylation sites (tertiary alicyclic amines) is 2. The largest absolute Gasteiger partial charge is 0.467 e. The number of Topliss-reactive ketones (excluding diaryl/α,β-unsaturated/α-hetero) is 2. The summed E-state index contributed by atoms with van der Waals surface area (Å²) >= 11 is 0. The van der Waals surface area contributed by atoms with Gasteiger partial charge in [-0.2, -0.15) is 0 Å². The highest BCUT2D eigenvalue weighted by molar-refractivity contribution is 5.91. The molecule has 2 aromatic carbocycles. The second-order valence-electron chi connectivity index (χ2n) is 38.5. The van der Waals surface area contributed by atoms with E-state index in [1.54, 1.807) is 68.7 Å². The van der Waals surface area contributed by atoms with Gasteiger partial charge in [0.2, 0.25) is 35.4 Å². The Morgan fingerprint density at radius 1 is 0.481 bits per heavy atom. The molecule has 18 atom stereocenters. The molecule has 2 aliphatic rings. The monoisotopic (exact) mass is 1820 g/mol. The number of likely N-dealkylation sites (N-methyl/N-ethyl adjacent to an activating group) is 4. The van der Waals surface area contributed by atoms with Crippen LogP contribution in [0.25, 0.3) is 0 Å². The van der Waals surface area contributed by atoms with E-state index in [2.05, 4.69) is 21.3 Å². The van der Waals surface area contributed by atoms with Gasteiger partial charge in [-0.15, -0.1) is 0 Å². The molecule has 2 aromatic rings. The number of benzene rings is 2. The van der Waals surface area contributed by atoms with Crippen LogP contribution in [0.15, 0.2) is 60.7 Å². The zero-order valence-corrected chi connectivity index (χ0v) is 84.3. The maximum absolute atomic E-state index is 14.6. The first-order valence-electron chi connectivity index (χ1n) is 46.6. The van der Waals surface area contributed by atoms with Gasteiger partial charge < -0.3 is 84.5 Å². The first kappa shape index (κ1) is 117. The molecule has 31 heteroatoms. The average molecular weight is 1820 g/mol. The summed E-state index contributed by atoms with van der Waals surface area (Å²) in [6.07, 6.45) is 2.95. The Kier molecular flexibility index (Phi) is 52.5. The molecule has 4 rings (SSSR count). The zero-order chi connectivity index (χ0) is 98.2. The van der Waals surface area contributed by atoms with E-state index in [4.69, 9.17) is 43.6 Å². The van der Waals surface area contributed by atoms with Gasteiger partial charge in [0, 0.05) is 107 Å². The zero-order valence-electron chi connectivity index (χ0n) is 84.3. The number of carbonyl (C=O) groups is 12. The molecule has 2 saturated heterocycles. The van der Waals surface area contributed by atoms with Gasteiger partial charge in [0.05, 0.1) is 106 Å². The molecular formula is C98H169N11O20. The molecule has 2 heterocycles. The van der Waals surface area contributed by atoms with Crippen LogP contribution in [0.3, 0.4) is 0 Å². The number of nitrogens with two attached hydrogens (primary N) is 1. The molecule has 129 heavy (non-hydrogen) atoms. The number of alkyl carbamates (subject to hydrolysis) is 2. The third-order valence-electron chi connectivity index (χ3n) is 24.9. The maximum Gasteiger partial charge on any atom is 0.407 e. The quantitative estimate of drug-likeness (QED) is 0.0233. The molecule has 0 aromatic heterocycles. The highest BCUT2D eigenvalue weighted by atomic mass is 16.6. The van der Waals surface area contributed by atoms with Crippen molar-refractivity contribution in [3.05, 3.63) is 71.8 Å². The lowest BCUT2D eigenvalue weighted by molar-refractivity contribution is -0.150. The molecule has 0 aliphatic carbocycles. The van der Waals surface area contributed by atoms with Gasteiger partial charge in [-0.05, 0) is 148 Å². The molecule has 0 saturated carbocycles. The molecular weight excluding hydrogens is 1650 g/mol. The maximum atomic E-state index is 14.6. The van der Waals surface area contributed by atoms with Gasteiger partial charge in [-0.1, -0.05) is 170 Å². The van der Waals surface area contributed by atoms with Gasteiger partial charge in [0.1, 0.15) is 29.1 Å². The summed E-state index contributed by atoms with van der Waals surface area (Å²) in [4.78, 5) is 169. The topological polar surface area (TPSA) is 372 Å². The normalized spacial score (nSPS) is 17.9. The van der Waals surface area contributed by atoms with Crippen LogP contribution in [-0.2, 0) is 98.7 Å². The van der Waals surface area contributed by atoms with E-state index in [-0.39, 0.29) is 133 Å². The van der Waals surface area contributed by atoms with Crippen molar-refractivity contribution in [2.75, 3.05) is 110 Å². The summed E-state index contributed by atoms with van der Waals surface area (Å²) in [5, 5.41) is 11.2. The van der Waals surface area contributed by atoms with E-state index in [1.165, 1.54) is 28.4 Å². The predicted octanol–water partition coefficient (Wildman–Crippen LogP) is 11.1. The fourth-order valence-electron chi connectivity index (χ4n) is 17.7. The summed E-state index contributed by atoms with van der Waals surface area (Å²) in [5.74, 6) is -4.23. The molecule has 6 N–H and O–H groups in total. The number of esters is 2. The van der Waals surface area contributed by atoms with Crippen LogP contribution in [0.1, 0.15) is 227 Å². The Balaban J connectivity index is 0.000000746. The van der Waals surface area contributed by atoms with Gasteiger partial charge in [-0.25, -0.2) is 19.2 Å². The SMILES string of the molecule is CC(=O)[C@H](C(C)C)N(C)CCCNC(=O)OC(C)(C)C.CC[C@H](C)[C@@H]([C@@H](CC(=O)N1CCC[C@H]1[C@H](OC)[C@@H](C)C(=O)N[C@@H](Cc1ccccc1)C(=O)OC)OC)N(C)C(=O)[C@@H](CC(=O)[C@H](C(C)C)N(C)CCCNC(=O)OC(C)(C)C)C(C)C.CC[C@H](C)[C@@H]([C@@H](CC(=O)N1CCC[C@H]1[C@H](OC)[C@@H](C)C(=O)N[C@@H](Cc1ccccc1)C(=O)OC)OC)N(C)C(=O)[C@@H](N)C(C)C. The third-order valence-corrected chi connectivity index (χ3v) is 24.9. The molecule has 0 unspecified atom stereocenters. The molecule has 8 amide bonds. The Labute approximate surface area is 773 Å². The van der Waals surface area contributed by atoms with E-state index >= 15 is 0 Å². The lowest BCUT2D eigenvalue weighted by atomic mass is 9.83. The second-order valence-corrected chi connectivity index (χ2v) is 38.5. The molecule has 736 valence electrons. The minimum atomic E-state index is -0.904.